The highest BCUT2D eigenvalue weighted by atomic mass is 32.2. The fourth-order valence-corrected chi connectivity index (χ4v) is 3.58. The van der Waals surface area contributed by atoms with Crippen LogP contribution in [0.4, 0.5) is 10.2 Å². The lowest BCUT2D eigenvalue weighted by molar-refractivity contribution is -0.126. The molecule has 1 saturated heterocycles. The van der Waals surface area contributed by atoms with Crippen molar-refractivity contribution >= 4 is 29.4 Å². The Hall–Kier alpha value is -2.41. The van der Waals surface area contributed by atoms with Crippen molar-refractivity contribution in [3.8, 4) is 0 Å². The third-order valence-electron chi connectivity index (χ3n) is 3.67. The number of amides is 2. The number of nitrogens with one attached hydrogen (secondary N) is 2. The lowest BCUT2D eigenvalue weighted by Gasteiger charge is -2.28. The summed E-state index contributed by atoms with van der Waals surface area (Å²) in [5, 5.41) is 4.97. The molecule has 0 aliphatic carbocycles. The fourth-order valence-electron chi connectivity index (χ4n) is 2.40. The molecule has 0 spiro atoms. The summed E-state index contributed by atoms with van der Waals surface area (Å²) < 4.78 is 13.7. The molecule has 1 aliphatic heterocycles. The number of carbonyl (C=O) groups excluding carboxylic acids is 2. The second-order valence-electron chi connectivity index (χ2n) is 5.38. The smallest absolute Gasteiger partial charge is 0.248 e. The van der Waals surface area contributed by atoms with Crippen LogP contribution in [0.2, 0.25) is 0 Å². The van der Waals surface area contributed by atoms with Crippen LogP contribution in [0.15, 0.2) is 48.7 Å². The third kappa shape index (κ3) is 3.91. The molecular weight excluding hydrogens is 329 g/mol. The highest BCUT2D eigenvalue weighted by Gasteiger charge is 2.32. The molecule has 1 aromatic carbocycles. The van der Waals surface area contributed by atoms with E-state index in [2.05, 4.69) is 15.6 Å². The van der Waals surface area contributed by atoms with Crippen molar-refractivity contribution in [1.82, 2.24) is 10.3 Å². The number of thioether (sulfide) groups is 1. The normalized spacial score (nSPS) is 20.3. The molecule has 24 heavy (non-hydrogen) atoms. The van der Waals surface area contributed by atoms with Gasteiger partial charge in [0, 0.05) is 11.9 Å². The minimum atomic E-state index is -0.624. The van der Waals surface area contributed by atoms with E-state index in [0.29, 0.717) is 23.6 Å². The van der Waals surface area contributed by atoms with Crippen LogP contribution in [-0.2, 0) is 16.0 Å². The Bertz CT molecular complexity index is 742. The molecule has 1 aromatic heterocycles. The SMILES string of the molecule is O=C1N[C@@H](C(=O)Nc2ccccn2)CS[C@H]1Cc1ccccc1F. The number of carbonyl (C=O) groups is 2. The third-order valence-corrected chi connectivity index (χ3v) is 4.98. The van der Waals surface area contributed by atoms with Crippen molar-refractivity contribution in [3.63, 3.8) is 0 Å². The van der Waals surface area contributed by atoms with E-state index < -0.39 is 11.3 Å². The summed E-state index contributed by atoms with van der Waals surface area (Å²) in [4.78, 5) is 28.4. The summed E-state index contributed by atoms with van der Waals surface area (Å²) in [5.41, 5.74) is 0.501. The molecule has 3 rings (SSSR count). The van der Waals surface area contributed by atoms with Crippen LogP contribution in [-0.4, -0.2) is 33.8 Å². The number of nitrogens with zero attached hydrogens (tertiary/aromatic N) is 1. The number of pyridine rings is 1. The molecule has 0 bridgehead atoms. The van der Waals surface area contributed by atoms with Gasteiger partial charge in [-0.15, -0.1) is 11.8 Å². The first-order chi connectivity index (χ1) is 11.6. The van der Waals surface area contributed by atoms with E-state index >= 15 is 0 Å². The van der Waals surface area contributed by atoms with Crippen molar-refractivity contribution in [1.29, 1.82) is 0 Å². The minimum Gasteiger partial charge on any atom is -0.343 e. The number of aromatic nitrogens is 1. The van der Waals surface area contributed by atoms with E-state index in [1.165, 1.54) is 17.8 Å². The van der Waals surface area contributed by atoms with Gasteiger partial charge in [-0.05, 0) is 30.2 Å². The molecule has 7 heteroatoms. The maximum atomic E-state index is 13.7. The van der Waals surface area contributed by atoms with Crippen LogP contribution in [0.5, 0.6) is 0 Å². The van der Waals surface area contributed by atoms with Crippen LogP contribution in [0, 0.1) is 5.82 Å². The van der Waals surface area contributed by atoms with Crippen molar-refractivity contribution < 1.29 is 14.0 Å². The van der Waals surface area contributed by atoms with Crippen molar-refractivity contribution in [2.45, 2.75) is 17.7 Å². The van der Waals surface area contributed by atoms with Crippen molar-refractivity contribution in [2.24, 2.45) is 0 Å². The summed E-state index contributed by atoms with van der Waals surface area (Å²) in [6.07, 6.45) is 1.88. The van der Waals surface area contributed by atoms with Crippen LogP contribution < -0.4 is 10.6 Å². The molecule has 0 saturated carbocycles. The molecule has 2 amide bonds. The Morgan fingerprint density at radius 3 is 2.79 bits per heavy atom. The Kier molecular flexibility index (Phi) is 5.10. The van der Waals surface area contributed by atoms with Gasteiger partial charge in [-0.3, -0.25) is 9.59 Å². The number of halogens is 1. The maximum absolute atomic E-state index is 13.7. The average molecular weight is 345 g/mol. The van der Waals surface area contributed by atoms with Gasteiger partial charge < -0.3 is 10.6 Å². The zero-order valence-corrected chi connectivity index (χ0v) is 13.6. The molecule has 5 nitrogen and oxygen atoms in total. The molecule has 2 N–H and O–H groups in total. The highest BCUT2D eigenvalue weighted by molar-refractivity contribution is 8.00. The number of hydrogen-bond acceptors (Lipinski definition) is 4. The number of hydrogen-bond donors (Lipinski definition) is 2. The Balaban J connectivity index is 1.58. The summed E-state index contributed by atoms with van der Waals surface area (Å²) in [7, 11) is 0. The second-order valence-corrected chi connectivity index (χ2v) is 6.62. The Labute approximate surface area is 143 Å². The van der Waals surface area contributed by atoms with Crippen molar-refractivity contribution in [2.75, 3.05) is 11.1 Å². The molecule has 2 heterocycles. The largest absolute Gasteiger partial charge is 0.343 e. The van der Waals surface area contributed by atoms with E-state index in [0.717, 1.165) is 0 Å². The summed E-state index contributed by atoms with van der Waals surface area (Å²) >= 11 is 1.36. The van der Waals surface area contributed by atoms with Gasteiger partial charge in [0.1, 0.15) is 17.7 Å². The van der Waals surface area contributed by atoms with Gasteiger partial charge in [0.2, 0.25) is 11.8 Å². The standard InChI is InChI=1S/C17H16FN3O2S/c18-12-6-2-1-5-11(12)9-14-17(23)20-13(10-24-14)16(22)21-15-7-3-4-8-19-15/h1-8,13-14H,9-10H2,(H,20,23)(H,19,21,22)/t13-,14+/m1/s1. The first kappa shape index (κ1) is 16.4. The van der Waals surface area contributed by atoms with Crippen LogP contribution >= 0.6 is 11.8 Å². The van der Waals surface area contributed by atoms with Crippen molar-refractivity contribution in [3.05, 3.63) is 60.0 Å². The number of anilines is 1. The topological polar surface area (TPSA) is 71.1 Å². The summed E-state index contributed by atoms with van der Waals surface area (Å²) in [6.45, 7) is 0. The van der Waals surface area contributed by atoms with E-state index in [4.69, 9.17) is 0 Å². The molecule has 2 atom stereocenters. The Morgan fingerprint density at radius 2 is 2.08 bits per heavy atom. The van der Waals surface area contributed by atoms with Gasteiger partial charge in [-0.1, -0.05) is 24.3 Å². The first-order valence-corrected chi connectivity index (χ1v) is 8.55. The van der Waals surface area contributed by atoms with E-state index in [9.17, 15) is 14.0 Å². The number of benzene rings is 1. The van der Waals surface area contributed by atoms with Gasteiger partial charge in [0.05, 0.1) is 5.25 Å². The molecular formula is C17H16FN3O2S. The second kappa shape index (κ2) is 7.44. The highest BCUT2D eigenvalue weighted by Crippen LogP contribution is 2.23. The van der Waals surface area contributed by atoms with Gasteiger partial charge in [0.25, 0.3) is 0 Å². The Morgan fingerprint density at radius 1 is 1.29 bits per heavy atom. The predicted octanol–water partition coefficient (Wildman–Crippen LogP) is 2.00. The van der Waals surface area contributed by atoms with E-state index in [1.807, 2.05) is 0 Å². The predicted molar refractivity (Wildman–Crippen MR) is 91.1 cm³/mol. The lowest BCUT2D eigenvalue weighted by atomic mass is 10.1. The molecule has 1 fully saturated rings. The first-order valence-electron chi connectivity index (χ1n) is 7.51. The zero-order chi connectivity index (χ0) is 16.9. The van der Waals surface area contributed by atoms with Gasteiger partial charge in [-0.25, -0.2) is 9.37 Å². The van der Waals surface area contributed by atoms with E-state index in [1.54, 1.807) is 42.6 Å². The molecule has 2 aromatic rings. The lowest BCUT2D eigenvalue weighted by Crippen LogP contribution is -2.52. The van der Waals surface area contributed by atoms with Crippen LogP contribution in [0.25, 0.3) is 0 Å². The quantitative estimate of drug-likeness (QED) is 0.889. The summed E-state index contributed by atoms with van der Waals surface area (Å²) in [5.74, 6) is -0.00510. The van der Waals surface area contributed by atoms with Gasteiger partial charge in [0.15, 0.2) is 0 Å². The van der Waals surface area contributed by atoms with Crippen LogP contribution in [0.3, 0.4) is 0 Å². The monoisotopic (exact) mass is 345 g/mol. The molecule has 0 unspecified atom stereocenters. The number of rotatable bonds is 4. The molecule has 0 radical (unpaired) electrons. The van der Waals surface area contributed by atoms with E-state index in [-0.39, 0.29) is 17.6 Å². The van der Waals surface area contributed by atoms with Crippen LogP contribution in [0.1, 0.15) is 5.56 Å². The molecule has 124 valence electrons. The van der Waals surface area contributed by atoms with Gasteiger partial charge in [-0.2, -0.15) is 0 Å². The maximum Gasteiger partial charge on any atom is 0.248 e. The van der Waals surface area contributed by atoms with Gasteiger partial charge >= 0.3 is 0 Å². The fraction of sp³-hybridized carbons (Fsp3) is 0.235. The zero-order valence-electron chi connectivity index (χ0n) is 12.7. The summed E-state index contributed by atoms with van der Waals surface area (Å²) in [6, 6.07) is 11.0. The minimum absolute atomic E-state index is 0.254. The average Bonchev–Trinajstić information content (AvgIpc) is 2.59. The molecule has 1 aliphatic rings.